The van der Waals surface area contributed by atoms with Crippen LogP contribution in [0.1, 0.15) is 18.2 Å². The molecule has 0 aliphatic rings. The molecule has 0 bridgehead atoms. The second-order valence-corrected chi connectivity index (χ2v) is 3.08. The van der Waals surface area contributed by atoms with Gasteiger partial charge in [-0.3, -0.25) is 9.78 Å². The van der Waals surface area contributed by atoms with Crippen molar-refractivity contribution in [2.24, 2.45) is 0 Å². The van der Waals surface area contributed by atoms with Gasteiger partial charge in [0.2, 0.25) is 5.91 Å². The SMILES string of the molecule is C=C(OC)c1ccc(CNC(C)=O)nc1. The molecule has 0 fully saturated rings. The summed E-state index contributed by atoms with van der Waals surface area (Å²) in [6, 6.07) is 3.69. The molecular formula is C11H14N2O2. The van der Waals surface area contributed by atoms with Gasteiger partial charge in [-0.2, -0.15) is 0 Å². The highest BCUT2D eigenvalue weighted by Gasteiger charge is 2.00. The maximum absolute atomic E-state index is 10.7. The first-order chi connectivity index (χ1) is 7.13. The summed E-state index contributed by atoms with van der Waals surface area (Å²) in [4.78, 5) is 14.8. The van der Waals surface area contributed by atoms with Crippen LogP contribution in [0.2, 0.25) is 0 Å². The number of aromatic nitrogens is 1. The van der Waals surface area contributed by atoms with Crippen molar-refractivity contribution in [3.63, 3.8) is 0 Å². The van der Waals surface area contributed by atoms with E-state index in [9.17, 15) is 4.79 Å². The van der Waals surface area contributed by atoms with Gasteiger partial charge >= 0.3 is 0 Å². The third-order valence-electron chi connectivity index (χ3n) is 1.91. The van der Waals surface area contributed by atoms with Crippen molar-refractivity contribution >= 4 is 11.7 Å². The quantitative estimate of drug-likeness (QED) is 0.756. The zero-order valence-electron chi connectivity index (χ0n) is 8.91. The summed E-state index contributed by atoms with van der Waals surface area (Å²) >= 11 is 0. The summed E-state index contributed by atoms with van der Waals surface area (Å²) in [5.41, 5.74) is 1.64. The van der Waals surface area contributed by atoms with Crippen molar-refractivity contribution in [2.75, 3.05) is 7.11 Å². The zero-order valence-corrected chi connectivity index (χ0v) is 8.91. The number of nitrogens with zero attached hydrogens (tertiary/aromatic N) is 1. The van der Waals surface area contributed by atoms with Gasteiger partial charge in [-0.25, -0.2) is 0 Å². The van der Waals surface area contributed by atoms with Gasteiger partial charge in [-0.05, 0) is 12.1 Å². The van der Waals surface area contributed by atoms with Crippen LogP contribution in [-0.4, -0.2) is 18.0 Å². The summed E-state index contributed by atoms with van der Waals surface area (Å²) in [6.45, 7) is 5.63. The van der Waals surface area contributed by atoms with E-state index in [1.807, 2.05) is 12.1 Å². The molecule has 0 radical (unpaired) electrons. The molecule has 0 aliphatic heterocycles. The molecule has 0 aromatic carbocycles. The van der Waals surface area contributed by atoms with Gasteiger partial charge < -0.3 is 10.1 Å². The third-order valence-corrected chi connectivity index (χ3v) is 1.91. The zero-order chi connectivity index (χ0) is 11.3. The van der Waals surface area contributed by atoms with E-state index in [4.69, 9.17) is 4.74 Å². The van der Waals surface area contributed by atoms with Crippen LogP contribution in [0, 0.1) is 0 Å². The lowest BCUT2D eigenvalue weighted by Crippen LogP contribution is -2.19. The van der Waals surface area contributed by atoms with Crippen LogP contribution >= 0.6 is 0 Å². The minimum Gasteiger partial charge on any atom is -0.497 e. The Kier molecular flexibility index (Phi) is 3.85. The number of pyridine rings is 1. The molecule has 1 amide bonds. The third kappa shape index (κ3) is 3.42. The van der Waals surface area contributed by atoms with E-state index in [0.717, 1.165) is 11.3 Å². The van der Waals surface area contributed by atoms with Crippen molar-refractivity contribution < 1.29 is 9.53 Å². The second-order valence-electron chi connectivity index (χ2n) is 3.08. The van der Waals surface area contributed by atoms with Gasteiger partial charge in [0.05, 0.1) is 19.3 Å². The molecule has 1 heterocycles. The van der Waals surface area contributed by atoms with Crippen molar-refractivity contribution in [2.45, 2.75) is 13.5 Å². The van der Waals surface area contributed by atoms with Crippen molar-refractivity contribution in [3.8, 4) is 0 Å². The van der Waals surface area contributed by atoms with E-state index in [1.165, 1.54) is 6.92 Å². The Labute approximate surface area is 89.0 Å². The molecule has 15 heavy (non-hydrogen) atoms. The van der Waals surface area contributed by atoms with Crippen LogP contribution in [-0.2, 0) is 16.1 Å². The fourth-order valence-electron chi connectivity index (χ4n) is 1.03. The fraction of sp³-hybridized carbons (Fsp3) is 0.273. The van der Waals surface area contributed by atoms with Crippen LogP contribution in [0.4, 0.5) is 0 Å². The van der Waals surface area contributed by atoms with Gasteiger partial charge in [-0.15, -0.1) is 0 Å². The van der Waals surface area contributed by atoms with Crippen LogP contribution in [0.15, 0.2) is 24.9 Å². The first kappa shape index (κ1) is 11.2. The minimum atomic E-state index is -0.0674. The second kappa shape index (κ2) is 5.14. The Morgan fingerprint density at radius 2 is 2.33 bits per heavy atom. The maximum atomic E-state index is 10.7. The van der Waals surface area contributed by atoms with Gasteiger partial charge in [-0.1, -0.05) is 6.58 Å². The monoisotopic (exact) mass is 206 g/mol. The predicted octanol–water partition coefficient (Wildman–Crippen LogP) is 1.33. The van der Waals surface area contributed by atoms with Crippen LogP contribution in [0.5, 0.6) is 0 Å². The average Bonchev–Trinajstić information content (AvgIpc) is 2.26. The van der Waals surface area contributed by atoms with E-state index >= 15 is 0 Å². The van der Waals surface area contributed by atoms with E-state index in [2.05, 4.69) is 16.9 Å². The largest absolute Gasteiger partial charge is 0.497 e. The van der Waals surface area contributed by atoms with Crippen molar-refractivity contribution in [1.29, 1.82) is 0 Å². The summed E-state index contributed by atoms with van der Waals surface area (Å²) in [5.74, 6) is 0.510. The van der Waals surface area contributed by atoms with Crippen molar-refractivity contribution in [3.05, 3.63) is 36.2 Å². The lowest BCUT2D eigenvalue weighted by atomic mass is 10.2. The minimum absolute atomic E-state index is 0.0674. The molecule has 1 N–H and O–H groups in total. The molecule has 4 heteroatoms. The number of carbonyl (C=O) groups excluding carboxylic acids is 1. The highest BCUT2D eigenvalue weighted by Crippen LogP contribution is 2.11. The van der Waals surface area contributed by atoms with E-state index < -0.39 is 0 Å². The molecule has 0 atom stereocenters. The summed E-state index contributed by atoms with van der Waals surface area (Å²) < 4.78 is 4.97. The molecule has 0 spiro atoms. The van der Waals surface area contributed by atoms with Gasteiger partial charge in [0.15, 0.2) is 0 Å². The number of methoxy groups -OCH3 is 1. The highest BCUT2D eigenvalue weighted by atomic mass is 16.5. The van der Waals surface area contributed by atoms with Crippen LogP contribution in [0.3, 0.4) is 0 Å². The molecule has 0 saturated heterocycles. The fourth-order valence-corrected chi connectivity index (χ4v) is 1.03. The first-order valence-electron chi connectivity index (χ1n) is 4.56. The number of rotatable bonds is 4. The molecule has 0 aliphatic carbocycles. The summed E-state index contributed by atoms with van der Waals surface area (Å²) in [5, 5.41) is 2.67. The van der Waals surface area contributed by atoms with Crippen LogP contribution < -0.4 is 5.32 Å². The number of hydrogen-bond donors (Lipinski definition) is 1. The smallest absolute Gasteiger partial charge is 0.217 e. The number of ether oxygens (including phenoxy) is 1. The maximum Gasteiger partial charge on any atom is 0.217 e. The molecule has 80 valence electrons. The Bertz CT molecular complexity index is 357. The van der Waals surface area contributed by atoms with E-state index in [1.54, 1.807) is 13.3 Å². The molecule has 1 aromatic heterocycles. The molecule has 4 nitrogen and oxygen atoms in total. The normalized spacial score (nSPS) is 9.47. The van der Waals surface area contributed by atoms with Gasteiger partial charge in [0.1, 0.15) is 5.76 Å². The Balaban J connectivity index is 2.64. The Morgan fingerprint density at radius 1 is 1.60 bits per heavy atom. The predicted molar refractivity (Wildman–Crippen MR) is 57.8 cm³/mol. The number of amides is 1. The molecule has 1 aromatic rings. The van der Waals surface area contributed by atoms with E-state index in [0.29, 0.717) is 12.3 Å². The van der Waals surface area contributed by atoms with Gasteiger partial charge in [0, 0.05) is 18.7 Å². The first-order valence-corrected chi connectivity index (χ1v) is 4.56. The Hall–Kier alpha value is -1.84. The molecule has 1 rings (SSSR count). The highest BCUT2D eigenvalue weighted by molar-refractivity contribution is 5.72. The lowest BCUT2D eigenvalue weighted by molar-refractivity contribution is -0.119. The lowest BCUT2D eigenvalue weighted by Gasteiger charge is -2.05. The number of carbonyl (C=O) groups is 1. The molecular weight excluding hydrogens is 192 g/mol. The van der Waals surface area contributed by atoms with E-state index in [-0.39, 0.29) is 5.91 Å². The average molecular weight is 206 g/mol. The Morgan fingerprint density at radius 3 is 2.80 bits per heavy atom. The number of hydrogen-bond acceptors (Lipinski definition) is 3. The molecule has 0 unspecified atom stereocenters. The van der Waals surface area contributed by atoms with Crippen LogP contribution in [0.25, 0.3) is 5.76 Å². The molecule has 0 saturated carbocycles. The van der Waals surface area contributed by atoms with Crippen molar-refractivity contribution in [1.82, 2.24) is 10.3 Å². The van der Waals surface area contributed by atoms with Gasteiger partial charge in [0.25, 0.3) is 0 Å². The summed E-state index contributed by atoms with van der Waals surface area (Å²) in [6.07, 6.45) is 1.67. The topological polar surface area (TPSA) is 51.2 Å². The standard InChI is InChI=1S/C11H14N2O2/c1-8(15-3)10-4-5-11(13-6-10)7-12-9(2)14/h4-6H,1,7H2,2-3H3,(H,12,14). The summed E-state index contributed by atoms with van der Waals surface area (Å²) in [7, 11) is 1.56. The number of nitrogens with one attached hydrogen (secondary N) is 1.